The fraction of sp³-hybridized carbons (Fsp3) is 0.636. The van der Waals surface area contributed by atoms with E-state index < -0.39 is 0 Å². The molecule has 0 aromatic heterocycles. The molecule has 1 aliphatic rings. The molecule has 0 spiro atoms. The summed E-state index contributed by atoms with van der Waals surface area (Å²) in [7, 11) is 1.65. The van der Waals surface area contributed by atoms with Crippen molar-refractivity contribution in [2.75, 3.05) is 13.6 Å². The van der Waals surface area contributed by atoms with Crippen LogP contribution in [0.2, 0.25) is 0 Å². The second-order valence-corrected chi connectivity index (χ2v) is 4.04. The lowest BCUT2D eigenvalue weighted by atomic mass is 9.93. The van der Waals surface area contributed by atoms with Crippen molar-refractivity contribution in [2.24, 2.45) is 5.92 Å². The molecule has 1 heterocycles. The molecule has 0 radical (unpaired) electrons. The Kier molecular flexibility index (Phi) is 3.50. The van der Waals surface area contributed by atoms with Crippen LogP contribution in [0.25, 0.3) is 0 Å². The highest BCUT2D eigenvalue weighted by Gasteiger charge is 2.33. The minimum Gasteiger partial charge on any atom is -0.347 e. The third kappa shape index (κ3) is 2.37. The molecule has 0 saturated carbocycles. The average Bonchev–Trinajstić information content (AvgIpc) is 2.30. The normalized spacial score (nSPS) is 27.3. The highest BCUT2D eigenvalue weighted by molar-refractivity contribution is 5.89. The molecule has 1 fully saturated rings. The third-order valence-corrected chi connectivity index (χ3v) is 2.86. The van der Waals surface area contributed by atoms with E-state index in [9.17, 15) is 9.59 Å². The number of likely N-dealkylation sites (N-methyl/N-ethyl adjacent to an activating group) is 1. The molecule has 4 nitrogen and oxygen atoms in total. The standard InChI is InChI=1S/C11H18N2O2/c1-5-7(2)10-8(3)11(15)13(4)6-9(14)12-10/h8,10H,2,5-6H2,1,3-4H3,(H,12,14)/t8-,10+/m0/s1. The largest absolute Gasteiger partial charge is 0.347 e. The van der Waals surface area contributed by atoms with Gasteiger partial charge in [0.15, 0.2) is 0 Å². The predicted octanol–water partition coefficient (Wildman–Crippen LogP) is 0.545. The first-order chi connectivity index (χ1) is 6.97. The van der Waals surface area contributed by atoms with Crippen LogP contribution in [0.4, 0.5) is 0 Å². The van der Waals surface area contributed by atoms with E-state index in [4.69, 9.17) is 0 Å². The van der Waals surface area contributed by atoms with E-state index in [1.165, 1.54) is 4.90 Å². The van der Waals surface area contributed by atoms with Gasteiger partial charge in [-0.25, -0.2) is 0 Å². The first-order valence-electron chi connectivity index (χ1n) is 5.19. The SMILES string of the molecule is C=C(CC)[C@H]1NC(=O)CN(C)C(=O)[C@H]1C. The van der Waals surface area contributed by atoms with Crippen LogP contribution in [0.1, 0.15) is 20.3 Å². The number of amides is 2. The Labute approximate surface area is 90.3 Å². The maximum Gasteiger partial charge on any atom is 0.240 e. The molecule has 15 heavy (non-hydrogen) atoms. The summed E-state index contributed by atoms with van der Waals surface area (Å²) in [4.78, 5) is 24.7. The molecule has 84 valence electrons. The van der Waals surface area contributed by atoms with E-state index in [-0.39, 0.29) is 30.3 Å². The highest BCUT2D eigenvalue weighted by Crippen LogP contribution is 2.18. The Hall–Kier alpha value is -1.32. The van der Waals surface area contributed by atoms with Crippen LogP contribution in [-0.2, 0) is 9.59 Å². The maximum absolute atomic E-state index is 11.8. The van der Waals surface area contributed by atoms with Gasteiger partial charge in [-0.2, -0.15) is 0 Å². The molecule has 0 aromatic rings. The number of rotatable bonds is 2. The van der Waals surface area contributed by atoms with Crippen molar-refractivity contribution in [2.45, 2.75) is 26.3 Å². The first kappa shape index (κ1) is 11.8. The third-order valence-electron chi connectivity index (χ3n) is 2.86. The molecule has 0 aromatic carbocycles. The fourth-order valence-corrected chi connectivity index (χ4v) is 1.80. The molecule has 1 rings (SSSR count). The van der Waals surface area contributed by atoms with Gasteiger partial charge in [0.25, 0.3) is 0 Å². The first-order valence-corrected chi connectivity index (χ1v) is 5.19. The average molecular weight is 210 g/mol. The van der Waals surface area contributed by atoms with Crippen LogP contribution in [-0.4, -0.2) is 36.3 Å². The van der Waals surface area contributed by atoms with Gasteiger partial charge in [-0.05, 0) is 6.42 Å². The zero-order chi connectivity index (χ0) is 11.6. The Balaban J connectivity index is 2.92. The van der Waals surface area contributed by atoms with Gasteiger partial charge in [-0.3, -0.25) is 9.59 Å². The highest BCUT2D eigenvalue weighted by atomic mass is 16.2. The molecule has 1 N–H and O–H groups in total. The predicted molar refractivity (Wildman–Crippen MR) is 58.2 cm³/mol. The molecule has 1 aliphatic heterocycles. The van der Waals surface area contributed by atoms with Gasteiger partial charge in [-0.15, -0.1) is 0 Å². The summed E-state index contributed by atoms with van der Waals surface area (Å²) in [6.45, 7) is 7.83. The zero-order valence-electron chi connectivity index (χ0n) is 9.54. The Morgan fingerprint density at radius 1 is 1.60 bits per heavy atom. The van der Waals surface area contributed by atoms with Crippen LogP contribution in [0, 0.1) is 5.92 Å². The van der Waals surface area contributed by atoms with Crippen LogP contribution >= 0.6 is 0 Å². The molecule has 0 bridgehead atoms. The van der Waals surface area contributed by atoms with Crippen LogP contribution in [0.3, 0.4) is 0 Å². The van der Waals surface area contributed by atoms with E-state index in [0.717, 1.165) is 12.0 Å². The molecule has 4 heteroatoms. The van der Waals surface area contributed by atoms with E-state index >= 15 is 0 Å². The summed E-state index contributed by atoms with van der Waals surface area (Å²) >= 11 is 0. The van der Waals surface area contributed by atoms with Crippen LogP contribution < -0.4 is 5.32 Å². The van der Waals surface area contributed by atoms with E-state index in [1.54, 1.807) is 7.05 Å². The molecular formula is C11H18N2O2. The lowest BCUT2D eigenvalue weighted by molar-refractivity contribution is -0.135. The number of hydrogen-bond acceptors (Lipinski definition) is 2. The van der Waals surface area contributed by atoms with E-state index in [1.807, 2.05) is 13.8 Å². The van der Waals surface area contributed by atoms with Gasteiger partial charge in [0.1, 0.15) is 0 Å². The number of nitrogens with one attached hydrogen (secondary N) is 1. The Morgan fingerprint density at radius 2 is 2.20 bits per heavy atom. The monoisotopic (exact) mass is 210 g/mol. The van der Waals surface area contributed by atoms with Gasteiger partial charge in [0, 0.05) is 7.05 Å². The summed E-state index contributed by atoms with van der Waals surface area (Å²) in [5.41, 5.74) is 0.902. The van der Waals surface area contributed by atoms with Crippen molar-refractivity contribution >= 4 is 11.8 Å². The van der Waals surface area contributed by atoms with Crippen molar-refractivity contribution in [3.8, 4) is 0 Å². The van der Waals surface area contributed by atoms with Crippen molar-refractivity contribution in [1.29, 1.82) is 0 Å². The molecule has 0 aliphatic carbocycles. The van der Waals surface area contributed by atoms with Crippen molar-refractivity contribution in [3.63, 3.8) is 0 Å². The summed E-state index contributed by atoms with van der Waals surface area (Å²) < 4.78 is 0. The molecule has 2 atom stereocenters. The second kappa shape index (κ2) is 4.47. The van der Waals surface area contributed by atoms with Crippen LogP contribution in [0.5, 0.6) is 0 Å². The minimum atomic E-state index is -0.228. The smallest absolute Gasteiger partial charge is 0.240 e. The summed E-state index contributed by atoms with van der Waals surface area (Å²) in [6, 6.07) is -0.222. The number of carbonyl (C=O) groups excluding carboxylic acids is 2. The van der Waals surface area contributed by atoms with Gasteiger partial charge in [-0.1, -0.05) is 26.0 Å². The number of hydrogen-bond donors (Lipinski definition) is 1. The second-order valence-electron chi connectivity index (χ2n) is 4.04. The van der Waals surface area contributed by atoms with Crippen molar-refractivity contribution in [1.82, 2.24) is 10.2 Å². The lowest BCUT2D eigenvalue weighted by Crippen LogP contribution is -2.40. The summed E-state index contributed by atoms with van der Waals surface area (Å²) in [5, 5.41) is 2.84. The van der Waals surface area contributed by atoms with Gasteiger partial charge in [0.05, 0.1) is 18.5 Å². The van der Waals surface area contributed by atoms with E-state index in [0.29, 0.717) is 0 Å². The molecule has 2 amide bonds. The van der Waals surface area contributed by atoms with Crippen LogP contribution in [0.15, 0.2) is 12.2 Å². The minimum absolute atomic E-state index is 0.00653. The maximum atomic E-state index is 11.8. The fourth-order valence-electron chi connectivity index (χ4n) is 1.80. The van der Waals surface area contributed by atoms with Crippen molar-refractivity contribution in [3.05, 3.63) is 12.2 Å². The molecule has 1 saturated heterocycles. The summed E-state index contributed by atoms with van der Waals surface area (Å²) in [6.07, 6.45) is 0.770. The number of carbonyl (C=O) groups is 2. The van der Waals surface area contributed by atoms with Crippen molar-refractivity contribution < 1.29 is 9.59 Å². The topological polar surface area (TPSA) is 49.4 Å². The van der Waals surface area contributed by atoms with Gasteiger partial charge < -0.3 is 10.2 Å². The molecular weight excluding hydrogens is 192 g/mol. The zero-order valence-corrected chi connectivity index (χ0v) is 9.54. The van der Waals surface area contributed by atoms with Gasteiger partial charge in [0.2, 0.25) is 11.8 Å². The Morgan fingerprint density at radius 3 is 2.73 bits per heavy atom. The van der Waals surface area contributed by atoms with E-state index in [2.05, 4.69) is 11.9 Å². The number of nitrogens with zero attached hydrogens (tertiary/aromatic N) is 1. The lowest BCUT2D eigenvalue weighted by Gasteiger charge is -2.23. The Bertz CT molecular complexity index is 299. The quantitative estimate of drug-likeness (QED) is 0.676. The molecule has 0 unspecified atom stereocenters. The van der Waals surface area contributed by atoms with Gasteiger partial charge >= 0.3 is 0 Å². The summed E-state index contributed by atoms with van der Waals surface area (Å²) in [5.74, 6) is -0.350.